The molecule has 312 valence electrons. The van der Waals surface area contributed by atoms with E-state index in [1.54, 1.807) is 56.0 Å². The number of alkyl carbamates (subject to hydrolysis) is 1. The average Bonchev–Trinajstić information content (AvgIpc) is 3.09. The van der Waals surface area contributed by atoms with Crippen LogP contribution in [0.3, 0.4) is 0 Å². The number of halogens is 2. The van der Waals surface area contributed by atoms with Gasteiger partial charge in [-0.15, -0.1) is 0 Å². The second-order valence-corrected chi connectivity index (χ2v) is 24.6. The fraction of sp³-hybridized carbons (Fsp3) is 0.533. The molecule has 0 radical (unpaired) electrons. The highest BCUT2D eigenvalue weighted by Gasteiger charge is 2.39. The number of nitrogens with zero attached hydrogens (tertiary/aromatic N) is 1. The van der Waals surface area contributed by atoms with Crippen LogP contribution in [0.4, 0.5) is 24.1 Å². The predicted molar refractivity (Wildman–Crippen MR) is 224 cm³/mol. The molecule has 9 nitrogen and oxygen atoms in total. The van der Waals surface area contributed by atoms with Gasteiger partial charge in [0.05, 0.1) is 33.4 Å². The predicted octanol–water partition coefficient (Wildman–Crippen LogP) is 10.5. The van der Waals surface area contributed by atoms with E-state index in [1.807, 2.05) is 39.0 Å². The van der Waals surface area contributed by atoms with Crippen molar-refractivity contribution < 1.29 is 37.4 Å². The molecule has 3 aromatic carbocycles. The summed E-state index contributed by atoms with van der Waals surface area (Å²) in [6.45, 7) is 23.3. The number of nitrogens with one attached hydrogen (secondary N) is 2. The maximum absolute atomic E-state index is 14.5. The molecule has 0 saturated carbocycles. The van der Waals surface area contributed by atoms with E-state index in [2.05, 4.69) is 44.5 Å². The standard InChI is InChI=1S/C45H63F2N3O6Si/c1-43(2,3)55-41(52)49-39(38(31-16-21-33(46)22-17-31)32-18-23-34(47)24-19-32)40(51)48-37-15-13-12-14-30(37)20-25-35-28-50(42(53)56-44(4,5)6)29-36(54-35)26-27-57(10,11)45(7,8)9/h12-19,21-24,35-36,38-39H,20,25-29H2,1-11H3,(H,48,51)(H,49,52)/t35-,36-,39+/m1/s1. The van der Waals surface area contributed by atoms with Crippen molar-refractivity contribution in [2.24, 2.45) is 0 Å². The number of morpholine rings is 1. The molecule has 3 aromatic rings. The molecule has 1 fully saturated rings. The first-order valence-corrected chi connectivity index (χ1v) is 23.1. The van der Waals surface area contributed by atoms with Gasteiger partial charge in [0.25, 0.3) is 0 Å². The molecule has 4 rings (SSSR count). The first kappa shape index (κ1) is 45.4. The molecule has 12 heteroatoms. The second kappa shape index (κ2) is 18.5. The number of carbonyl (C=O) groups excluding carboxylic acids is 3. The lowest BCUT2D eigenvalue weighted by atomic mass is 9.84. The third kappa shape index (κ3) is 13.7. The molecule has 57 heavy (non-hydrogen) atoms. The van der Waals surface area contributed by atoms with Crippen LogP contribution in [-0.2, 0) is 25.4 Å². The first-order chi connectivity index (χ1) is 26.4. The number of aryl methyl sites for hydroxylation is 1. The molecular formula is C45H63F2N3O6Si. The summed E-state index contributed by atoms with van der Waals surface area (Å²) in [6, 6.07) is 18.5. The van der Waals surface area contributed by atoms with E-state index in [-0.39, 0.29) is 23.3 Å². The molecule has 2 N–H and O–H groups in total. The van der Waals surface area contributed by atoms with Crippen LogP contribution in [0.5, 0.6) is 0 Å². The Morgan fingerprint density at radius 2 is 1.28 bits per heavy atom. The minimum Gasteiger partial charge on any atom is -0.444 e. The van der Waals surface area contributed by atoms with Crippen molar-refractivity contribution in [3.05, 3.63) is 101 Å². The largest absolute Gasteiger partial charge is 0.444 e. The Bertz CT molecular complexity index is 1770. The summed E-state index contributed by atoms with van der Waals surface area (Å²) >= 11 is 0. The number of amides is 3. The van der Waals surface area contributed by atoms with Gasteiger partial charge in [0, 0.05) is 11.6 Å². The molecule has 0 spiro atoms. The van der Waals surface area contributed by atoms with Crippen molar-refractivity contribution in [3.8, 4) is 0 Å². The highest BCUT2D eigenvalue weighted by Crippen LogP contribution is 2.40. The summed E-state index contributed by atoms with van der Waals surface area (Å²) in [6.07, 6.45) is 0.322. The number of ether oxygens (including phenoxy) is 3. The van der Waals surface area contributed by atoms with Crippen molar-refractivity contribution in [1.29, 1.82) is 0 Å². The smallest absolute Gasteiger partial charge is 0.410 e. The molecule has 3 atom stereocenters. The number of benzene rings is 3. The van der Waals surface area contributed by atoms with Gasteiger partial charge in [-0.05, 0) is 113 Å². The summed E-state index contributed by atoms with van der Waals surface area (Å²) in [5.41, 5.74) is 0.922. The van der Waals surface area contributed by atoms with Crippen LogP contribution in [0, 0.1) is 11.6 Å². The Morgan fingerprint density at radius 1 is 0.772 bits per heavy atom. The quantitative estimate of drug-likeness (QED) is 0.177. The number of rotatable bonds is 12. The fourth-order valence-electron chi connectivity index (χ4n) is 6.66. The highest BCUT2D eigenvalue weighted by atomic mass is 28.3. The third-order valence-corrected chi connectivity index (χ3v) is 16.4. The summed E-state index contributed by atoms with van der Waals surface area (Å²) in [4.78, 5) is 42.9. The minimum absolute atomic E-state index is 0.144. The van der Waals surface area contributed by atoms with Crippen molar-refractivity contribution in [2.45, 2.75) is 141 Å². The van der Waals surface area contributed by atoms with Gasteiger partial charge in [0.1, 0.15) is 28.9 Å². The lowest BCUT2D eigenvalue weighted by Gasteiger charge is -2.41. The Morgan fingerprint density at radius 3 is 1.79 bits per heavy atom. The second-order valence-electron chi connectivity index (χ2n) is 18.8. The fourth-order valence-corrected chi connectivity index (χ4v) is 8.45. The molecule has 1 aliphatic heterocycles. The zero-order chi connectivity index (χ0) is 42.3. The lowest BCUT2D eigenvalue weighted by Crippen LogP contribution is -2.52. The van der Waals surface area contributed by atoms with Gasteiger partial charge in [-0.2, -0.15) is 0 Å². The Labute approximate surface area is 339 Å². The van der Waals surface area contributed by atoms with E-state index >= 15 is 0 Å². The summed E-state index contributed by atoms with van der Waals surface area (Å²) in [5, 5.41) is 6.03. The first-order valence-electron chi connectivity index (χ1n) is 19.9. The Balaban J connectivity index is 1.61. The minimum atomic E-state index is -1.60. The van der Waals surface area contributed by atoms with Crippen LogP contribution in [0.15, 0.2) is 72.8 Å². The van der Waals surface area contributed by atoms with E-state index in [1.165, 1.54) is 24.3 Å². The molecule has 1 heterocycles. The van der Waals surface area contributed by atoms with Gasteiger partial charge in [-0.25, -0.2) is 18.4 Å². The maximum atomic E-state index is 14.5. The van der Waals surface area contributed by atoms with Crippen molar-refractivity contribution in [1.82, 2.24) is 10.2 Å². The monoisotopic (exact) mass is 807 g/mol. The Kier molecular flexibility index (Phi) is 14.8. The van der Waals surface area contributed by atoms with Crippen LogP contribution in [0.1, 0.15) is 97.8 Å². The lowest BCUT2D eigenvalue weighted by molar-refractivity contribution is -0.118. The molecule has 1 aliphatic rings. The van der Waals surface area contributed by atoms with Crippen molar-refractivity contribution in [3.63, 3.8) is 0 Å². The van der Waals surface area contributed by atoms with Crippen LogP contribution in [0.25, 0.3) is 0 Å². The van der Waals surface area contributed by atoms with E-state index in [0.717, 1.165) is 18.0 Å². The third-order valence-electron chi connectivity index (χ3n) is 10.8. The van der Waals surface area contributed by atoms with Gasteiger partial charge in [0.2, 0.25) is 5.91 Å². The molecule has 1 saturated heterocycles. The molecule has 3 amide bonds. The topological polar surface area (TPSA) is 106 Å². The number of carbonyl (C=O) groups is 3. The van der Waals surface area contributed by atoms with E-state index in [9.17, 15) is 23.2 Å². The zero-order valence-corrected chi connectivity index (χ0v) is 36.6. The molecular weight excluding hydrogens is 745 g/mol. The molecule has 0 unspecified atom stereocenters. The molecule has 0 aromatic heterocycles. The summed E-state index contributed by atoms with van der Waals surface area (Å²) in [7, 11) is -1.60. The van der Waals surface area contributed by atoms with Gasteiger partial charge < -0.3 is 29.7 Å². The van der Waals surface area contributed by atoms with Gasteiger partial charge >= 0.3 is 12.2 Å². The van der Waals surface area contributed by atoms with Crippen molar-refractivity contribution in [2.75, 3.05) is 18.4 Å². The summed E-state index contributed by atoms with van der Waals surface area (Å²) < 4.78 is 46.3. The number of anilines is 1. The van der Waals surface area contributed by atoms with Crippen molar-refractivity contribution >= 4 is 31.9 Å². The summed E-state index contributed by atoms with van der Waals surface area (Å²) in [5.74, 6) is -2.33. The highest BCUT2D eigenvalue weighted by molar-refractivity contribution is 6.80. The molecule has 0 aliphatic carbocycles. The van der Waals surface area contributed by atoms with Crippen LogP contribution in [-0.4, -0.2) is 73.6 Å². The normalized spacial score (nSPS) is 17.2. The van der Waals surface area contributed by atoms with E-state index in [4.69, 9.17) is 14.2 Å². The molecule has 0 bridgehead atoms. The van der Waals surface area contributed by atoms with Gasteiger partial charge in [-0.3, -0.25) is 4.79 Å². The van der Waals surface area contributed by atoms with Crippen LogP contribution >= 0.6 is 0 Å². The maximum Gasteiger partial charge on any atom is 0.410 e. The number of hydrogen-bond acceptors (Lipinski definition) is 6. The van der Waals surface area contributed by atoms with Crippen LogP contribution < -0.4 is 10.6 Å². The van der Waals surface area contributed by atoms with Gasteiger partial charge in [0.15, 0.2) is 0 Å². The van der Waals surface area contributed by atoms with E-state index in [0.29, 0.717) is 42.7 Å². The SMILES string of the molecule is CC(C)(C)OC(=O)N[C@H](C(=O)Nc1ccccc1CC[C@@H]1CN(C(=O)OC(C)(C)C)C[C@@H](CC[Si](C)(C)C(C)(C)C)O1)C(c1ccc(F)cc1)c1ccc(F)cc1. The van der Waals surface area contributed by atoms with E-state index < -0.39 is 54.9 Å². The van der Waals surface area contributed by atoms with Crippen LogP contribution in [0.2, 0.25) is 24.2 Å². The number of para-hydroxylation sites is 1. The number of hydrogen-bond donors (Lipinski definition) is 2. The van der Waals surface area contributed by atoms with Gasteiger partial charge in [-0.1, -0.05) is 82.4 Å². The Hall–Kier alpha value is -4.29. The average molecular weight is 808 g/mol. The zero-order valence-electron chi connectivity index (χ0n) is 35.6.